The van der Waals surface area contributed by atoms with Gasteiger partial charge in [0.05, 0.1) is 18.4 Å². The lowest BCUT2D eigenvalue weighted by molar-refractivity contribution is -0.188. The average molecular weight is 325 g/mol. The average Bonchev–Trinajstić information content (AvgIpc) is 2.80. The minimum absolute atomic E-state index is 0.361. The number of carboxylic acid groups (broad SMARTS) is 1. The van der Waals surface area contributed by atoms with Crippen LogP contribution in [0, 0.1) is 11.8 Å². The molecule has 0 saturated carbocycles. The molecule has 2 atom stereocenters. The maximum absolute atomic E-state index is 12.8. The summed E-state index contributed by atoms with van der Waals surface area (Å²) < 4.78 is 38.3. The van der Waals surface area contributed by atoms with E-state index in [0.29, 0.717) is 13.0 Å². The van der Waals surface area contributed by atoms with Gasteiger partial charge in [-0.25, -0.2) is 4.79 Å². The highest BCUT2D eigenvalue weighted by Gasteiger charge is 2.52. The van der Waals surface area contributed by atoms with E-state index in [1.807, 2.05) is 12.2 Å². The Labute approximate surface area is 124 Å². The number of rotatable bonds is 5. The first-order valence-corrected chi connectivity index (χ1v) is 6.74. The van der Waals surface area contributed by atoms with Crippen LogP contribution in [-0.4, -0.2) is 60.3 Å². The fourth-order valence-electron chi connectivity index (χ4n) is 2.25. The molecule has 0 unspecified atom stereocenters. The highest BCUT2D eigenvalue weighted by Crippen LogP contribution is 2.37. The van der Waals surface area contributed by atoms with Crippen molar-refractivity contribution < 1.29 is 32.7 Å². The van der Waals surface area contributed by atoms with Crippen molar-refractivity contribution in [3.8, 4) is 0 Å². The van der Waals surface area contributed by atoms with E-state index in [1.165, 1.54) is 0 Å². The summed E-state index contributed by atoms with van der Waals surface area (Å²) in [5.41, 5.74) is 0. The Bertz CT molecular complexity index is 442. The van der Waals surface area contributed by atoms with Crippen molar-refractivity contribution in [2.24, 2.45) is 11.8 Å². The fourth-order valence-corrected chi connectivity index (χ4v) is 2.25. The number of urea groups is 1. The van der Waals surface area contributed by atoms with Crippen LogP contribution in [0.3, 0.4) is 0 Å². The lowest BCUT2D eigenvalue weighted by atomic mass is 9.96. The molecule has 1 saturated heterocycles. The number of carbonyl (C=O) groups excluding carboxylic acids is 2. The molecule has 1 aliphatic rings. The van der Waals surface area contributed by atoms with Gasteiger partial charge in [0.15, 0.2) is 0 Å². The molecule has 126 valence electrons. The number of likely N-dealkylation sites (tertiary alicyclic amines) is 1. The molecule has 0 aliphatic carbocycles. The standard InChI is InChI=1S/C12H18F3N3O4/c1-2-3-16-11(22)17-9(19)6-18-4-7(10(20)21)8(5-18)12(13,14)15/h7-8H,2-6H2,1H3,(H,20,21)(H2,16,17,19,22)/t7-,8-/m1/s1. The van der Waals surface area contributed by atoms with Crippen LogP contribution in [0.1, 0.15) is 13.3 Å². The second kappa shape index (κ2) is 7.43. The number of halogens is 3. The van der Waals surface area contributed by atoms with Crippen LogP contribution in [0.2, 0.25) is 0 Å². The Morgan fingerprint density at radius 1 is 1.27 bits per heavy atom. The summed E-state index contributed by atoms with van der Waals surface area (Å²) in [6.07, 6.45) is -3.98. The molecule has 0 aromatic carbocycles. The lowest BCUT2D eigenvalue weighted by Gasteiger charge is -2.18. The summed E-state index contributed by atoms with van der Waals surface area (Å²) >= 11 is 0. The highest BCUT2D eigenvalue weighted by atomic mass is 19.4. The predicted molar refractivity (Wildman–Crippen MR) is 68.9 cm³/mol. The largest absolute Gasteiger partial charge is 0.481 e. The minimum Gasteiger partial charge on any atom is -0.481 e. The topological polar surface area (TPSA) is 98.7 Å². The monoisotopic (exact) mass is 325 g/mol. The zero-order valence-corrected chi connectivity index (χ0v) is 11.9. The molecule has 22 heavy (non-hydrogen) atoms. The van der Waals surface area contributed by atoms with Crippen LogP contribution in [0.5, 0.6) is 0 Å². The normalized spacial score (nSPS) is 22.4. The number of hydrogen-bond acceptors (Lipinski definition) is 4. The molecule has 1 heterocycles. The number of imide groups is 1. The number of alkyl halides is 3. The molecule has 10 heteroatoms. The molecule has 1 rings (SSSR count). The highest BCUT2D eigenvalue weighted by molar-refractivity contribution is 5.95. The predicted octanol–water partition coefficient (Wildman–Crippen LogP) is 0.417. The van der Waals surface area contributed by atoms with Crippen molar-refractivity contribution in [1.82, 2.24) is 15.5 Å². The van der Waals surface area contributed by atoms with E-state index in [9.17, 15) is 27.6 Å². The van der Waals surface area contributed by atoms with Crippen LogP contribution < -0.4 is 10.6 Å². The Morgan fingerprint density at radius 3 is 2.36 bits per heavy atom. The Morgan fingerprint density at radius 2 is 1.91 bits per heavy atom. The number of nitrogens with one attached hydrogen (secondary N) is 2. The molecule has 1 aliphatic heterocycles. The lowest BCUT2D eigenvalue weighted by Crippen LogP contribution is -2.44. The second-order valence-corrected chi connectivity index (χ2v) is 5.09. The third kappa shape index (κ3) is 5.17. The summed E-state index contributed by atoms with van der Waals surface area (Å²) in [5, 5.41) is 13.2. The van der Waals surface area contributed by atoms with Gasteiger partial charge >= 0.3 is 18.2 Å². The number of carbonyl (C=O) groups is 3. The molecule has 7 nitrogen and oxygen atoms in total. The van der Waals surface area contributed by atoms with Gasteiger partial charge in [-0.1, -0.05) is 6.92 Å². The molecule has 0 aromatic heterocycles. The summed E-state index contributed by atoms with van der Waals surface area (Å²) in [5.74, 6) is -5.96. The van der Waals surface area contributed by atoms with Gasteiger partial charge in [0, 0.05) is 19.6 Å². The van der Waals surface area contributed by atoms with Crippen molar-refractivity contribution >= 4 is 17.9 Å². The Kier molecular flexibility index (Phi) is 6.15. The van der Waals surface area contributed by atoms with Gasteiger partial charge < -0.3 is 10.4 Å². The van der Waals surface area contributed by atoms with E-state index in [4.69, 9.17) is 5.11 Å². The van der Waals surface area contributed by atoms with E-state index >= 15 is 0 Å². The molecule has 0 bridgehead atoms. The maximum atomic E-state index is 12.8. The van der Waals surface area contributed by atoms with Crippen LogP contribution in [0.4, 0.5) is 18.0 Å². The van der Waals surface area contributed by atoms with Crippen molar-refractivity contribution in [2.75, 3.05) is 26.2 Å². The molecule has 3 N–H and O–H groups in total. The van der Waals surface area contributed by atoms with Crippen molar-refractivity contribution in [3.63, 3.8) is 0 Å². The quantitative estimate of drug-likeness (QED) is 0.680. The third-order valence-electron chi connectivity index (χ3n) is 3.29. The molecule has 3 amide bonds. The van der Waals surface area contributed by atoms with E-state index < -0.39 is 49.0 Å². The SMILES string of the molecule is CCCNC(=O)NC(=O)CN1C[C@@H](C(F)(F)F)[C@H](C(=O)O)C1. The first kappa shape index (κ1) is 18.2. The van der Waals surface area contributed by atoms with Crippen molar-refractivity contribution in [1.29, 1.82) is 0 Å². The van der Waals surface area contributed by atoms with Gasteiger partial charge in [0.2, 0.25) is 5.91 Å². The first-order valence-electron chi connectivity index (χ1n) is 6.74. The molecule has 0 radical (unpaired) electrons. The summed E-state index contributed by atoms with van der Waals surface area (Å²) in [7, 11) is 0. The zero-order chi connectivity index (χ0) is 16.9. The maximum Gasteiger partial charge on any atom is 0.393 e. The molecular formula is C12H18F3N3O4. The smallest absolute Gasteiger partial charge is 0.393 e. The van der Waals surface area contributed by atoms with Gasteiger partial charge in [-0.05, 0) is 6.42 Å². The third-order valence-corrected chi connectivity index (χ3v) is 3.29. The van der Waals surface area contributed by atoms with E-state index in [0.717, 1.165) is 4.90 Å². The number of aliphatic carboxylic acids is 1. The van der Waals surface area contributed by atoms with Crippen molar-refractivity contribution in [2.45, 2.75) is 19.5 Å². The van der Waals surface area contributed by atoms with E-state index in [2.05, 4.69) is 5.32 Å². The van der Waals surface area contributed by atoms with Crippen LogP contribution in [0.15, 0.2) is 0 Å². The Balaban J connectivity index is 2.55. The van der Waals surface area contributed by atoms with E-state index in [1.54, 1.807) is 0 Å². The summed E-state index contributed by atoms with van der Waals surface area (Å²) in [6, 6.07) is -0.729. The second-order valence-electron chi connectivity index (χ2n) is 5.09. The summed E-state index contributed by atoms with van der Waals surface area (Å²) in [6.45, 7) is 0.750. The number of amides is 3. The van der Waals surface area contributed by atoms with Gasteiger partial charge in [0.1, 0.15) is 0 Å². The molecule has 0 spiro atoms. The minimum atomic E-state index is -4.65. The number of carboxylic acids is 1. The first-order chi connectivity index (χ1) is 10.1. The number of nitrogens with zero attached hydrogens (tertiary/aromatic N) is 1. The van der Waals surface area contributed by atoms with Gasteiger partial charge in [-0.2, -0.15) is 13.2 Å². The van der Waals surface area contributed by atoms with Gasteiger partial charge in [0.25, 0.3) is 0 Å². The van der Waals surface area contributed by atoms with Crippen molar-refractivity contribution in [3.05, 3.63) is 0 Å². The van der Waals surface area contributed by atoms with Crippen LogP contribution >= 0.6 is 0 Å². The Hall–Kier alpha value is -1.84. The van der Waals surface area contributed by atoms with Crippen LogP contribution in [-0.2, 0) is 9.59 Å². The van der Waals surface area contributed by atoms with Gasteiger partial charge in [-0.15, -0.1) is 0 Å². The number of hydrogen-bond donors (Lipinski definition) is 3. The fraction of sp³-hybridized carbons (Fsp3) is 0.750. The zero-order valence-electron chi connectivity index (χ0n) is 11.9. The molecule has 0 aromatic rings. The molecule has 1 fully saturated rings. The van der Waals surface area contributed by atoms with E-state index in [-0.39, 0.29) is 6.54 Å². The van der Waals surface area contributed by atoms with Gasteiger partial charge in [-0.3, -0.25) is 19.8 Å². The summed E-state index contributed by atoms with van der Waals surface area (Å²) in [4.78, 5) is 34.8. The van der Waals surface area contributed by atoms with Crippen LogP contribution in [0.25, 0.3) is 0 Å². The molecular weight excluding hydrogens is 307 g/mol.